The first-order valence-electron chi connectivity index (χ1n) is 9.53. The molecule has 0 aliphatic carbocycles. The number of imidazole rings is 1. The summed E-state index contributed by atoms with van der Waals surface area (Å²) in [5.41, 5.74) is 5.71. The fourth-order valence-corrected chi connectivity index (χ4v) is 3.66. The number of aryl methyl sites for hydroxylation is 1. The fourth-order valence-electron chi connectivity index (χ4n) is 3.66. The average Bonchev–Trinajstić information content (AvgIpc) is 3.29. The van der Waals surface area contributed by atoms with Gasteiger partial charge in [0.15, 0.2) is 0 Å². The van der Waals surface area contributed by atoms with Gasteiger partial charge in [0.1, 0.15) is 5.75 Å². The van der Waals surface area contributed by atoms with Crippen molar-refractivity contribution in [1.29, 1.82) is 0 Å². The quantitative estimate of drug-likeness (QED) is 0.627. The minimum Gasteiger partial charge on any atom is -0.494 e. The molecule has 0 radical (unpaired) electrons. The zero-order valence-electron chi connectivity index (χ0n) is 16.2. The van der Waals surface area contributed by atoms with Crippen LogP contribution in [0.3, 0.4) is 0 Å². The average molecular weight is 362 g/mol. The standard InChI is InChI=1S/C22H26N4O/c1-4-5-12-25-15-18-8-6-7-9-20(18)26(25)19-10-11-21(22(13-19)27-3)24-14-17(2)23-16-24/h6-11,13-14,16H,4-5,12,15H2,1-3H3. The number of rotatable bonds is 6. The molecule has 0 N–H and O–H groups in total. The van der Waals surface area contributed by atoms with Gasteiger partial charge < -0.3 is 9.30 Å². The van der Waals surface area contributed by atoms with Crippen molar-refractivity contribution in [3.63, 3.8) is 0 Å². The topological polar surface area (TPSA) is 33.5 Å². The van der Waals surface area contributed by atoms with Crippen LogP contribution in [0, 0.1) is 6.92 Å². The Morgan fingerprint density at radius 3 is 2.70 bits per heavy atom. The van der Waals surface area contributed by atoms with Crippen LogP contribution in [-0.2, 0) is 6.54 Å². The first-order chi connectivity index (χ1) is 13.2. The van der Waals surface area contributed by atoms with Crippen molar-refractivity contribution in [2.45, 2.75) is 33.2 Å². The second-order valence-electron chi connectivity index (χ2n) is 6.96. The SMILES string of the molecule is CCCCN1Cc2ccccc2N1c1ccc(-n2cnc(C)c2)c(OC)c1. The Balaban J connectivity index is 1.74. The summed E-state index contributed by atoms with van der Waals surface area (Å²) in [6.07, 6.45) is 6.19. The second-order valence-corrected chi connectivity index (χ2v) is 6.96. The Morgan fingerprint density at radius 2 is 1.96 bits per heavy atom. The Kier molecular flexibility index (Phi) is 4.86. The number of benzene rings is 2. The van der Waals surface area contributed by atoms with E-state index in [1.165, 1.54) is 24.1 Å². The van der Waals surface area contributed by atoms with E-state index in [0.29, 0.717) is 0 Å². The fraction of sp³-hybridized carbons (Fsp3) is 0.318. The lowest BCUT2D eigenvalue weighted by molar-refractivity contribution is 0.287. The lowest BCUT2D eigenvalue weighted by Crippen LogP contribution is -2.34. The number of para-hydroxylation sites is 1. The molecule has 0 saturated carbocycles. The van der Waals surface area contributed by atoms with Crippen LogP contribution in [0.25, 0.3) is 5.69 Å². The Morgan fingerprint density at radius 1 is 1.11 bits per heavy atom. The summed E-state index contributed by atoms with van der Waals surface area (Å²) in [5.74, 6) is 0.838. The summed E-state index contributed by atoms with van der Waals surface area (Å²) >= 11 is 0. The third-order valence-corrected chi connectivity index (χ3v) is 5.02. The zero-order chi connectivity index (χ0) is 18.8. The van der Waals surface area contributed by atoms with Gasteiger partial charge in [-0.3, -0.25) is 5.01 Å². The van der Waals surface area contributed by atoms with E-state index in [2.05, 4.69) is 64.4 Å². The van der Waals surface area contributed by atoms with Crippen molar-refractivity contribution in [2.24, 2.45) is 0 Å². The lowest BCUT2D eigenvalue weighted by Gasteiger charge is -2.31. The van der Waals surface area contributed by atoms with Crippen molar-refractivity contribution < 1.29 is 4.74 Å². The van der Waals surface area contributed by atoms with Gasteiger partial charge >= 0.3 is 0 Å². The molecule has 0 atom stereocenters. The van der Waals surface area contributed by atoms with Gasteiger partial charge in [-0.25, -0.2) is 9.99 Å². The van der Waals surface area contributed by atoms with Crippen LogP contribution in [0.2, 0.25) is 0 Å². The molecule has 2 heterocycles. The molecule has 0 spiro atoms. The van der Waals surface area contributed by atoms with Crippen LogP contribution >= 0.6 is 0 Å². The molecule has 5 nitrogen and oxygen atoms in total. The zero-order valence-corrected chi connectivity index (χ0v) is 16.2. The van der Waals surface area contributed by atoms with Crippen molar-refractivity contribution in [1.82, 2.24) is 14.6 Å². The maximum Gasteiger partial charge on any atom is 0.145 e. The number of anilines is 2. The molecule has 5 heteroatoms. The predicted molar refractivity (Wildman–Crippen MR) is 109 cm³/mol. The first-order valence-corrected chi connectivity index (χ1v) is 9.53. The molecule has 1 aliphatic rings. The van der Waals surface area contributed by atoms with Crippen LogP contribution in [0.15, 0.2) is 55.0 Å². The molecule has 0 unspecified atom stereocenters. The summed E-state index contributed by atoms with van der Waals surface area (Å²) in [6, 6.07) is 15.0. The Bertz CT molecular complexity index is 934. The third kappa shape index (κ3) is 3.30. The molecule has 1 aromatic heterocycles. The van der Waals surface area contributed by atoms with Gasteiger partial charge in [-0.15, -0.1) is 0 Å². The molecule has 0 saturated heterocycles. The van der Waals surface area contributed by atoms with E-state index in [4.69, 9.17) is 4.74 Å². The number of unbranched alkanes of at least 4 members (excludes halogenated alkanes) is 1. The highest BCUT2D eigenvalue weighted by Crippen LogP contribution is 2.40. The largest absolute Gasteiger partial charge is 0.494 e. The first kappa shape index (κ1) is 17.6. The van der Waals surface area contributed by atoms with Gasteiger partial charge in [-0.1, -0.05) is 31.5 Å². The van der Waals surface area contributed by atoms with Crippen molar-refractivity contribution in [3.05, 3.63) is 66.2 Å². The van der Waals surface area contributed by atoms with E-state index >= 15 is 0 Å². The highest BCUT2D eigenvalue weighted by molar-refractivity contribution is 5.71. The molecule has 1 aliphatic heterocycles. The molecule has 4 rings (SSSR count). The molecule has 2 aromatic carbocycles. The number of aromatic nitrogens is 2. The van der Waals surface area contributed by atoms with E-state index in [0.717, 1.165) is 35.9 Å². The molecular formula is C22H26N4O. The highest BCUT2D eigenvalue weighted by atomic mass is 16.5. The molecule has 0 fully saturated rings. The number of hydrogen-bond acceptors (Lipinski definition) is 4. The maximum absolute atomic E-state index is 5.72. The smallest absolute Gasteiger partial charge is 0.145 e. The predicted octanol–water partition coefficient (Wildman–Crippen LogP) is 4.86. The van der Waals surface area contributed by atoms with Crippen LogP contribution < -0.4 is 9.75 Å². The normalized spacial score (nSPS) is 13.8. The van der Waals surface area contributed by atoms with Crippen LogP contribution in [0.5, 0.6) is 5.75 Å². The van der Waals surface area contributed by atoms with Crippen molar-refractivity contribution in [2.75, 3.05) is 18.7 Å². The summed E-state index contributed by atoms with van der Waals surface area (Å²) < 4.78 is 7.72. The van der Waals surface area contributed by atoms with Gasteiger partial charge in [-0.2, -0.15) is 0 Å². The van der Waals surface area contributed by atoms with Gasteiger partial charge in [0.25, 0.3) is 0 Å². The highest BCUT2D eigenvalue weighted by Gasteiger charge is 2.28. The summed E-state index contributed by atoms with van der Waals surface area (Å²) in [7, 11) is 1.72. The number of methoxy groups -OCH3 is 1. The number of hydrogen-bond donors (Lipinski definition) is 0. The number of nitrogens with zero attached hydrogens (tertiary/aromatic N) is 4. The number of ether oxygens (including phenoxy) is 1. The van der Waals surface area contributed by atoms with Gasteiger partial charge in [0.2, 0.25) is 0 Å². The van der Waals surface area contributed by atoms with E-state index < -0.39 is 0 Å². The summed E-state index contributed by atoms with van der Waals surface area (Å²) in [5, 5.41) is 4.75. The minimum absolute atomic E-state index is 0.838. The Labute approximate surface area is 160 Å². The van der Waals surface area contributed by atoms with E-state index in [1.807, 2.05) is 24.0 Å². The minimum atomic E-state index is 0.838. The molecule has 0 bridgehead atoms. The monoisotopic (exact) mass is 362 g/mol. The van der Waals surface area contributed by atoms with E-state index in [-0.39, 0.29) is 0 Å². The van der Waals surface area contributed by atoms with Crippen LogP contribution in [-0.4, -0.2) is 28.2 Å². The molecule has 3 aromatic rings. The van der Waals surface area contributed by atoms with Crippen LogP contribution in [0.1, 0.15) is 31.0 Å². The number of fused-ring (bicyclic) bond motifs is 1. The van der Waals surface area contributed by atoms with Crippen molar-refractivity contribution in [3.8, 4) is 11.4 Å². The second kappa shape index (κ2) is 7.45. The van der Waals surface area contributed by atoms with E-state index in [1.54, 1.807) is 7.11 Å². The molecular weight excluding hydrogens is 336 g/mol. The summed E-state index contributed by atoms with van der Waals surface area (Å²) in [6.45, 7) is 6.21. The maximum atomic E-state index is 5.72. The lowest BCUT2D eigenvalue weighted by atomic mass is 10.2. The summed E-state index contributed by atoms with van der Waals surface area (Å²) in [4.78, 5) is 4.33. The van der Waals surface area contributed by atoms with Crippen molar-refractivity contribution >= 4 is 11.4 Å². The molecule has 27 heavy (non-hydrogen) atoms. The number of hydrazine groups is 1. The van der Waals surface area contributed by atoms with Gasteiger partial charge in [-0.05, 0) is 37.1 Å². The van der Waals surface area contributed by atoms with Gasteiger partial charge in [0.05, 0.1) is 36.2 Å². The van der Waals surface area contributed by atoms with Gasteiger partial charge in [0, 0.05) is 25.4 Å². The van der Waals surface area contributed by atoms with Crippen LogP contribution in [0.4, 0.5) is 11.4 Å². The Hall–Kier alpha value is -2.79. The molecule has 0 amide bonds. The molecule has 140 valence electrons. The third-order valence-electron chi connectivity index (χ3n) is 5.02. The van der Waals surface area contributed by atoms with E-state index in [9.17, 15) is 0 Å².